The van der Waals surface area contributed by atoms with Gasteiger partial charge in [0, 0.05) is 31.1 Å². The van der Waals surface area contributed by atoms with Gasteiger partial charge in [-0.05, 0) is 37.0 Å². The van der Waals surface area contributed by atoms with Crippen LogP contribution in [0.25, 0.3) is 0 Å². The number of carbonyl (C=O) groups excluding carboxylic acids is 2. The average molecular weight is 443 g/mol. The summed E-state index contributed by atoms with van der Waals surface area (Å²) < 4.78 is 11.1. The van der Waals surface area contributed by atoms with Crippen molar-refractivity contribution in [3.63, 3.8) is 0 Å². The molecule has 1 heterocycles. The van der Waals surface area contributed by atoms with Crippen LogP contribution in [-0.4, -0.2) is 50.6 Å². The lowest BCUT2D eigenvalue weighted by Gasteiger charge is -2.21. The molecule has 1 N–H and O–H groups in total. The van der Waals surface area contributed by atoms with Crippen molar-refractivity contribution in [3.8, 4) is 11.5 Å². The predicted octanol–water partition coefficient (Wildman–Crippen LogP) is 3.74. The van der Waals surface area contributed by atoms with Crippen LogP contribution < -0.4 is 14.8 Å². The highest BCUT2D eigenvalue weighted by Gasteiger charge is 2.42. The van der Waals surface area contributed by atoms with Crippen molar-refractivity contribution >= 4 is 23.4 Å². The minimum atomic E-state index is -0.383. The van der Waals surface area contributed by atoms with E-state index in [9.17, 15) is 9.59 Å². The minimum Gasteiger partial charge on any atom is -0.493 e. The molecule has 0 aromatic heterocycles. The summed E-state index contributed by atoms with van der Waals surface area (Å²) >= 11 is 6.27. The fraction of sp³-hybridized carbons (Fsp3) is 0.417. The van der Waals surface area contributed by atoms with Crippen LogP contribution in [0.3, 0.4) is 0 Å². The van der Waals surface area contributed by atoms with Crippen LogP contribution in [0.15, 0.2) is 42.5 Å². The Bertz CT molecular complexity index is 976. The van der Waals surface area contributed by atoms with E-state index in [1.165, 1.54) is 0 Å². The topological polar surface area (TPSA) is 67.9 Å². The lowest BCUT2D eigenvalue weighted by Crippen LogP contribution is -2.36. The van der Waals surface area contributed by atoms with Crippen molar-refractivity contribution in [2.45, 2.75) is 18.8 Å². The summed E-state index contributed by atoms with van der Waals surface area (Å²) in [6, 6.07) is 12.6. The summed E-state index contributed by atoms with van der Waals surface area (Å²) in [5.74, 6) is 0.985. The second-order valence-corrected chi connectivity index (χ2v) is 8.58. The molecule has 2 fully saturated rings. The zero-order valence-corrected chi connectivity index (χ0v) is 18.5. The van der Waals surface area contributed by atoms with E-state index >= 15 is 0 Å². The number of likely N-dealkylation sites (tertiary alicyclic amines) is 1. The number of methoxy groups -OCH3 is 2. The molecule has 1 saturated carbocycles. The SMILES string of the molecule is COc1cccc(C2CN(C(=O)c3ccccc3Cl)CC2C(=O)NCC2CC2)c1OC. The number of hydrogen-bond acceptors (Lipinski definition) is 4. The van der Waals surface area contributed by atoms with E-state index in [0.717, 1.165) is 18.4 Å². The lowest BCUT2D eigenvalue weighted by atomic mass is 9.87. The number of carbonyl (C=O) groups is 2. The number of nitrogens with zero attached hydrogens (tertiary/aromatic N) is 1. The van der Waals surface area contributed by atoms with Crippen LogP contribution in [0.1, 0.15) is 34.7 Å². The second kappa shape index (κ2) is 9.18. The first-order valence-corrected chi connectivity index (χ1v) is 10.9. The van der Waals surface area contributed by atoms with Gasteiger partial charge in [-0.1, -0.05) is 35.9 Å². The number of ether oxygens (including phenoxy) is 2. The Hall–Kier alpha value is -2.73. The first kappa shape index (κ1) is 21.5. The van der Waals surface area contributed by atoms with Gasteiger partial charge in [-0.25, -0.2) is 0 Å². The molecule has 1 saturated heterocycles. The molecule has 0 radical (unpaired) electrons. The van der Waals surface area contributed by atoms with Crippen LogP contribution in [0.4, 0.5) is 0 Å². The predicted molar refractivity (Wildman–Crippen MR) is 119 cm³/mol. The summed E-state index contributed by atoms with van der Waals surface area (Å²) in [5, 5.41) is 3.50. The fourth-order valence-corrected chi connectivity index (χ4v) is 4.47. The normalized spacial score (nSPS) is 20.4. The maximum absolute atomic E-state index is 13.2. The molecule has 7 heteroatoms. The van der Waals surface area contributed by atoms with Crippen molar-refractivity contribution < 1.29 is 19.1 Å². The molecule has 1 aliphatic heterocycles. The van der Waals surface area contributed by atoms with Crippen molar-refractivity contribution in [2.75, 3.05) is 33.9 Å². The number of para-hydroxylation sites is 1. The minimum absolute atomic E-state index is 0.0313. The molecule has 1 aliphatic carbocycles. The van der Waals surface area contributed by atoms with E-state index in [4.69, 9.17) is 21.1 Å². The standard InChI is InChI=1S/C24H27ClN2O4/c1-30-21-9-5-7-16(22(21)31-2)18-13-27(24(29)17-6-3-4-8-20(17)25)14-19(18)23(28)26-12-15-10-11-15/h3-9,15,18-19H,10-14H2,1-2H3,(H,26,28). The second-order valence-electron chi connectivity index (χ2n) is 8.17. The summed E-state index contributed by atoms with van der Waals surface area (Å²) in [7, 11) is 3.18. The van der Waals surface area contributed by atoms with Crippen LogP contribution >= 0.6 is 11.6 Å². The highest BCUT2D eigenvalue weighted by molar-refractivity contribution is 6.33. The summed E-state index contributed by atoms with van der Waals surface area (Å²) in [4.78, 5) is 28.1. The largest absolute Gasteiger partial charge is 0.493 e. The Morgan fingerprint density at radius 2 is 1.84 bits per heavy atom. The van der Waals surface area contributed by atoms with Gasteiger partial charge in [0.1, 0.15) is 0 Å². The number of halogens is 1. The van der Waals surface area contributed by atoms with Crippen molar-refractivity contribution in [1.82, 2.24) is 10.2 Å². The lowest BCUT2D eigenvalue weighted by molar-refractivity contribution is -0.125. The molecule has 4 rings (SSSR count). The fourth-order valence-electron chi connectivity index (χ4n) is 4.26. The highest BCUT2D eigenvalue weighted by Crippen LogP contribution is 2.42. The average Bonchev–Trinajstić information content (AvgIpc) is 3.52. The molecular formula is C24H27ClN2O4. The van der Waals surface area contributed by atoms with E-state index in [1.54, 1.807) is 43.4 Å². The number of amides is 2. The molecule has 2 unspecified atom stereocenters. The maximum atomic E-state index is 13.2. The van der Waals surface area contributed by atoms with E-state index in [-0.39, 0.29) is 23.7 Å². The molecule has 2 amide bonds. The highest BCUT2D eigenvalue weighted by atomic mass is 35.5. The van der Waals surface area contributed by atoms with Gasteiger partial charge in [-0.3, -0.25) is 9.59 Å². The third kappa shape index (κ3) is 4.49. The molecule has 31 heavy (non-hydrogen) atoms. The van der Waals surface area contributed by atoms with Gasteiger partial charge in [-0.2, -0.15) is 0 Å². The van der Waals surface area contributed by atoms with E-state index in [2.05, 4.69) is 5.32 Å². The Labute approximate surface area is 187 Å². The third-order valence-corrected chi connectivity index (χ3v) is 6.47. The number of nitrogens with one attached hydrogen (secondary N) is 1. The van der Waals surface area contributed by atoms with E-state index in [1.807, 2.05) is 18.2 Å². The smallest absolute Gasteiger partial charge is 0.255 e. The Morgan fingerprint density at radius 1 is 1.06 bits per heavy atom. The van der Waals surface area contributed by atoms with Gasteiger partial charge in [0.25, 0.3) is 5.91 Å². The molecule has 6 nitrogen and oxygen atoms in total. The molecule has 0 bridgehead atoms. The molecule has 2 aromatic carbocycles. The van der Waals surface area contributed by atoms with Crippen molar-refractivity contribution in [3.05, 3.63) is 58.6 Å². The zero-order valence-electron chi connectivity index (χ0n) is 17.8. The van der Waals surface area contributed by atoms with E-state index in [0.29, 0.717) is 47.6 Å². The number of hydrogen-bond donors (Lipinski definition) is 1. The van der Waals surface area contributed by atoms with Gasteiger partial charge < -0.3 is 19.7 Å². The van der Waals surface area contributed by atoms with Gasteiger partial charge in [0.2, 0.25) is 5.91 Å². The monoisotopic (exact) mass is 442 g/mol. The number of benzene rings is 2. The van der Waals surface area contributed by atoms with Gasteiger partial charge >= 0.3 is 0 Å². The molecule has 2 aromatic rings. The summed E-state index contributed by atoms with van der Waals surface area (Å²) in [6.45, 7) is 1.41. The molecule has 164 valence electrons. The van der Waals surface area contributed by atoms with Gasteiger partial charge in [0.05, 0.1) is 30.7 Å². The number of rotatable bonds is 7. The summed E-state index contributed by atoms with van der Waals surface area (Å²) in [5.41, 5.74) is 1.31. The quantitative estimate of drug-likeness (QED) is 0.709. The zero-order chi connectivity index (χ0) is 22.0. The maximum Gasteiger partial charge on any atom is 0.255 e. The van der Waals surface area contributed by atoms with Crippen LogP contribution in [0.5, 0.6) is 11.5 Å². The molecular weight excluding hydrogens is 416 g/mol. The van der Waals surface area contributed by atoms with Gasteiger partial charge in [-0.15, -0.1) is 0 Å². The van der Waals surface area contributed by atoms with Crippen molar-refractivity contribution in [2.24, 2.45) is 11.8 Å². The Kier molecular flexibility index (Phi) is 6.37. The first-order chi connectivity index (χ1) is 15.0. The molecule has 2 aliphatic rings. The van der Waals surface area contributed by atoms with Gasteiger partial charge in [0.15, 0.2) is 11.5 Å². The summed E-state index contributed by atoms with van der Waals surface area (Å²) in [6.07, 6.45) is 2.32. The van der Waals surface area contributed by atoms with Crippen LogP contribution in [0.2, 0.25) is 5.02 Å². The van der Waals surface area contributed by atoms with Crippen LogP contribution in [-0.2, 0) is 4.79 Å². The Balaban J connectivity index is 1.64. The Morgan fingerprint density at radius 3 is 2.52 bits per heavy atom. The first-order valence-electron chi connectivity index (χ1n) is 10.6. The van der Waals surface area contributed by atoms with Crippen molar-refractivity contribution in [1.29, 1.82) is 0 Å². The molecule has 2 atom stereocenters. The van der Waals surface area contributed by atoms with E-state index < -0.39 is 0 Å². The third-order valence-electron chi connectivity index (χ3n) is 6.14. The van der Waals surface area contributed by atoms with Crippen LogP contribution in [0, 0.1) is 11.8 Å². The molecule has 0 spiro atoms.